The third-order valence-electron chi connectivity index (χ3n) is 4.57. The molecule has 31 heavy (non-hydrogen) atoms. The molecule has 5 nitrogen and oxygen atoms in total. The number of aromatic nitrogens is 2. The third-order valence-corrected chi connectivity index (χ3v) is 4.80. The van der Waals surface area contributed by atoms with Crippen LogP contribution in [0.5, 0.6) is 0 Å². The van der Waals surface area contributed by atoms with Crippen molar-refractivity contribution in [2.75, 3.05) is 6.54 Å². The van der Waals surface area contributed by atoms with Gasteiger partial charge in [0.2, 0.25) is 5.89 Å². The quantitative estimate of drug-likeness (QED) is 0.480. The molecule has 0 fully saturated rings. The molecule has 160 valence electrons. The largest absolute Gasteiger partial charge is 0.349 e. The lowest BCUT2D eigenvalue weighted by atomic mass is 9.97. The number of halogens is 3. The number of hydrogen-bond donors (Lipinski definition) is 1. The zero-order chi connectivity index (χ0) is 22.4. The summed E-state index contributed by atoms with van der Waals surface area (Å²) >= 11 is 6.11. The highest BCUT2D eigenvalue weighted by Crippen LogP contribution is 2.25. The molecule has 1 aromatic heterocycles. The summed E-state index contributed by atoms with van der Waals surface area (Å²) in [5.74, 6) is -1.87. The molecule has 2 aromatic carbocycles. The van der Waals surface area contributed by atoms with Crippen LogP contribution in [0, 0.1) is 18.6 Å². The topological polar surface area (TPSA) is 68.0 Å². The van der Waals surface area contributed by atoms with Gasteiger partial charge in [0.25, 0.3) is 11.7 Å². The van der Waals surface area contributed by atoms with Crippen LogP contribution in [0.4, 0.5) is 8.78 Å². The van der Waals surface area contributed by atoms with Gasteiger partial charge in [0, 0.05) is 17.1 Å². The van der Waals surface area contributed by atoms with Crippen molar-refractivity contribution in [2.24, 2.45) is 0 Å². The van der Waals surface area contributed by atoms with Crippen LogP contribution < -0.4 is 5.32 Å². The molecule has 8 heteroatoms. The van der Waals surface area contributed by atoms with Crippen LogP contribution in [0.25, 0.3) is 5.57 Å². The molecule has 0 unspecified atom stereocenters. The minimum atomic E-state index is -0.594. The Morgan fingerprint density at radius 1 is 1.26 bits per heavy atom. The van der Waals surface area contributed by atoms with Crippen molar-refractivity contribution in [3.8, 4) is 0 Å². The number of rotatable bonds is 8. The Morgan fingerprint density at radius 3 is 2.84 bits per heavy atom. The summed E-state index contributed by atoms with van der Waals surface area (Å²) in [4.78, 5) is 16.3. The lowest BCUT2D eigenvalue weighted by Crippen LogP contribution is -2.25. The number of nitrogens with zero attached hydrogens (tertiary/aromatic N) is 2. The number of nitrogens with one attached hydrogen (secondary N) is 1. The molecule has 1 heterocycles. The molecule has 0 bridgehead atoms. The second kappa shape index (κ2) is 10.1. The fourth-order valence-corrected chi connectivity index (χ4v) is 3.21. The standard InChI is InChI=1S/C23H20ClF2N3O2/c1-3-4-15(19-13-17(24)6-5-14(19)2)9-10-27-23(30)22-28-21(31-29-22)12-16-11-18(25)7-8-20(16)26/h3-8,11,13H,1,9-10,12H2,2H3,(H,27,30)/b15-4-. The fourth-order valence-electron chi connectivity index (χ4n) is 3.04. The molecule has 1 amide bonds. The van der Waals surface area contributed by atoms with E-state index in [1.165, 1.54) is 0 Å². The van der Waals surface area contributed by atoms with Gasteiger partial charge in [-0.25, -0.2) is 8.78 Å². The SMILES string of the molecule is C=C/C=C(/CCNC(=O)c1noc(Cc2cc(F)ccc2F)n1)c1cc(Cl)ccc1C. The first-order valence-corrected chi connectivity index (χ1v) is 9.88. The van der Waals surface area contributed by atoms with Crippen LogP contribution in [-0.4, -0.2) is 22.6 Å². The Bertz CT molecular complexity index is 1140. The van der Waals surface area contributed by atoms with Gasteiger partial charge in [-0.3, -0.25) is 4.79 Å². The molecule has 1 N–H and O–H groups in total. The van der Waals surface area contributed by atoms with Gasteiger partial charge in [0.05, 0.1) is 6.42 Å². The Kier molecular flexibility index (Phi) is 7.31. The van der Waals surface area contributed by atoms with E-state index in [0.29, 0.717) is 18.0 Å². The van der Waals surface area contributed by atoms with Crippen LogP contribution in [0.3, 0.4) is 0 Å². The van der Waals surface area contributed by atoms with E-state index in [0.717, 1.165) is 34.9 Å². The molecular weight excluding hydrogens is 424 g/mol. The van der Waals surface area contributed by atoms with Crippen molar-refractivity contribution in [3.05, 3.63) is 100 Å². The van der Waals surface area contributed by atoms with Crippen molar-refractivity contribution in [1.29, 1.82) is 0 Å². The van der Waals surface area contributed by atoms with Crippen LogP contribution in [0.15, 0.2) is 59.7 Å². The van der Waals surface area contributed by atoms with Gasteiger partial charge in [0.15, 0.2) is 0 Å². The Balaban J connectivity index is 1.62. The first-order chi connectivity index (χ1) is 14.9. The minimum Gasteiger partial charge on any atom is -0.349 e. The Morgan fingerprint density at radius 2 is 2.06 bits per heavy atom. The molecule has 3 rings (SSSR count). The summed E-state index contributed by atoms with van der Waals surface area (Å²) in [5, 5.41) is 6.96. The van der Waals surface area contributed by atoms with Crippen LogP contribution in [-0.2, 0) is 6.42 Å². The average molecular weight is 444 g/mol. The first kappa shape index (κ1) is 22.4. The zero-order valence-electron chi connectivity index (χ0n) is 16.8. The van der Waals surface area contributed by atoms with E-state index in [9.17, 15) is 13.6 Å². The molecular formula is C23H20ClF2N3O2. The van der Waals surface area contributed by atoms with E-state index in [-0.39, 0.29) is 23.7 Å². The molecule has 3 aromatic rings. The molecule has 0 aliphatic rings. The predicted octanol–water partition coefficient (Wildman–Crippen LogP) is 5.29. The molecule has 0 atom stereocenters. The zero-order valence-corrected chi connectivity index (χ0v) is 17.5. The van der Waals surface area contributed by atoms with E-state index >= 15 is 0 Å². The van der Waals surface area contributed by atoms with Crippen molar-refractivity contribution < 1.29 is 18.1 Å². The second-order valence-electron chi connectivity index (χ2n) is 6.82. The minimum absolute atomic E-state index is 0.0106. The number of benzene rings is 2. The van der Waals surface area contributed by atoms with E-state index in [4.69, 9.17) is 16.1 Å². The van der Waals surface area contributed by atoms with Gasteiger partial charge < -0.3 is 9.84 Å². The fraction of sp³-hybridized carbons (Fsp3) is 0.174. The van der Waals surface area contributed by atoms with Crippen molar-refractivity contribution in [3.63, 3.8) is 0 Å². The third kappa shape index (κ3) is 5.86. The van der Waals surface area contributed by atoms with E-state index < -0.39 is 17.5 Å². The van der Waals surface area contributed by atoms with E-state index in [1.54, 1.807) is 6.08 Å². The maximum atomic E-state index is 13.8. The van der Waals surface area contributed by atoms with Crippen LogP contribution in [0.1, 0.15) is 39.6 Å². The predicted molar refractivity (Wildman–Crippen MR) is 115 cm³/mol. The number of amides is 1. The number of hydrogen-bond acceptors (Lipinski definition) is 4. The van der Waals surface area contributed by atoms with Crippen molar-refractivity contribution >= 4 is 23.1 Å². The highest BCUT2D eigenvalue weighted by molar-refractivity contribution is 6.30. The molecule has 0 aliphatic carbocycles. The van der Waals surface area contributed by atoms with Crippen LogP contribution >= 0.6 is 11.6 Å². The van der Waals surface area contributed by atoms with Gasteiger partial charge in [-0.15, -0.1) is 0 Å². The molecule has 0 saturated heterocycles. The summed E-state index contributed by atoms with van der Waals surface area (Å²) in [6.45, 7) is 6.03. The summed E-state index contributed by atoms with van der Waals surface area (Å²) in [7, 11) is 0. The van der Waals surface area contributed by atoms with Gasteiger partial charge >= 0.3 is 0 Å². The number of aryl methyl sites for hydroxylation is 1. The van der Waals surface area contributed by atoms with Gasteiger partial charge in [-0.1, -0.05) is 41.6 Å². The average Bonchev–Trinajstić information content (AvgIpc) is 3.20. The summed E-state index contributed by atoms with van der Waals surface area (Å²) in [5.41, 5.74) is 3.05. The monoisotopic (exact) mass is 443 g/mol. The highest BCUT2D eigenvalue weighted by Gasteiger charge is 2.16. The molecule has 0 radical (unpaired) electrons. The number of carbonyl (C=O) groups is 1. The highest BCUT2D eigenvalue weighted by atomic mass is 35.5. The van der Waals surface area contributed by atoms with Gasteiger partial charge in [-0.05, 0) is 60.4 Å². The maximum Gasteiger partial charge on any atom is 0.292 e. The Hall–Kier alpha value is -3.32. The molecule has 0 spiro atoms. The lowest BCUT2D eigenvalue weighted by Gasteiger charge is -2.11. The van der Waals surface area contributed by atoms with Crippen LogP contribution in [0.2, 0.25) is 5.02 Å². The summed E-state index contributed by atoms with van der Waals surface area (Å²) in [6, 6.07) is 8.69. The van der Waals surface area contributed by atoms with Crippen molar-refractivity contribution in [1.82, 2.24) is 15.5 Å². The Labute approximate surface area is 183 Å². The summed E-state index contributed by atoms with van der Waals surface area (Å²) < 4.78 is 32.1. The van der Waals surface area contributed by atoms with Gasteiger partial charge in [-0.2, -0.15) is 4.98 Å². The smallest absolute Gasteiger partial charge is 0.292 e. The maximum absolute atomic E-state index is 13.8. The summed E-state index contributed by atoms with van der Waals surface area (Å²) in [6.07, 6.45) is 3.95. The number of carbonyl (C=O) groups excluding carboxylic acids is 1. The van der Waals surface area contributed by atoms with Gasteiger partial charge in [0.1, 0.15) is 11.6 Å². The number of allylic oxidation sites excluding steroid dienone is 2. The first-order valence-electron chi connectivity index (χ1n) is 9.50. The van der Waals surface area contributed by atoms with Crippen molar-refractivity contribution in [2.45, 2.75) is 19.8 Å². The molecule has 0 saturated carbocycles. The lowest BCUT2D eigenvalue weighted by molar-refractivity contribution is 0.0941. The molecule has 0 aliphatic heterocycles. The van der Waals surface area contributed by atoms with E-state index in [1.807, 2.05) is 31.2 Å². The van der Waals surface area contributed by atoms with E-state index in [2.05, 4.69) is 22.0 Å². The normalized spacial score (nSPS) is 11.4. The second-order valence-corrected chi connectivity index (χ2v) is 7.25.